The van der Waals surface area contributed by atoms with E-state index in [1.807, 2.05) is 20.8 Å². The maximum Gasteiger partial charge on any atom is 0.473 e. The summed E-state index contributed by atoms with van der Waals surface area (Å²) < 4.78 is 30.4. The third-order valence-corrected chi connectivity index (χ3v) is 5.42. The fraction of sp³-hybridized carbons (Fsp3) is 0.778. The molecule has 1 aromatic rings. The van der Waals surface area contributed by atoms with Crippen molar-refractivity contribution in [2.45, 2.75) is 85.3 Å². The van der Waals surface area contributed by atoms with Crippen LogP contribution in [0.5, 0.6) is 0 Å². The zero-order chi connectivity index (χ0) is 21.5. The number of hydrogen-bond acceptors (Lipinski definition) is 6. The number of aryl methyl sites for hydroxylation is 1. The number of aromatic amines is 1. The normalized spacial score (nSPS) is 25.6. The fourth-order valence-electron chi connectivity index (χ4n) is 3.11. The zero-order valence-corrected chi connectivity index (χ0v) is 18.4. The van der Waals surface area contributed by atoms with E-state index >= 15 is 0 Å². The molecule has 2 N–H and O–H groups in total. The van der Waals surface area contributed by atoms with Gasteiger partial charge in [0.05, 0.1) is 17.8 Å². The van der Waals surface area contributed by atoms with Gasteiger partial charge in [-0.05, 0) is 39.5 Å². The molecule has 28 heavy (non-hydrogen) atoms. The molecule has 4 atom stereocenters. The van der Waals surface area contributed by atoms with Crippen LogP contribution >= 0.6 is 7.82 Å². The number of phosphoric ester groups is 1. The quantitative estimate of drug-likeness (QED) is 0.706. The topological polar surface area (TPSA) is 120 Å². The molecule has 0 aromatic carbocycles. The van der Waals surface area contributed by atoms with Gasteiger partial charge in [-0.1, -0.05) is 20.8 Å². The largest absolute Gasteiger partial charge is 0.473 e. The van der Waals surface area contributed by atoms with Gasteiger partial charge in [0.1, 0.15) is 6.23 Å². The lowest BCUT2D eigenvalue weighted by molar-refractivity contribution is -0.0427. The molecular formula is C18H31N2O7P. The monoisotopic (exact) mass is 418 g/mol. The van der Waals surface area contributed by atoms with Gasteiger partial charge >= 0.3 is 13.5 Å². The molecule has 1 unspecified atom stereocenters. The van der Waals surface area contributed by atoms with E-state index in [1.165, 1.54) is 10.8 Å². The summed E-state index contributed by atoms with van der Waals surface area (Å²) >= 11 is 0. The average Bonchev–Trinajstić information content (AvgIpc) is 2.79. The Labute approximate surface area is 164 Å². The zero-order valence-electron chi connectivity index (χ0n) is 17.5. The predicted molar refractivity (Wildman–Crippen MR) is 104 cm³/mol. The molecule has 2 rings (SSSR count). The Bertz CT molecular complexity index is 862. The second-order valence-electron chi connectivity index (χ2n) is 9.42. The number of aromatic nitrogens is 2. The molecule has 1 aliphatic heterocycles. The summed E-state index contributed by atoms with van der Waals surface area (Å²) in [5.74, 6) is 0. The molecule has 0 amide bonds. The van der Waals surface area contributed by atoms with E-state index in [4.69, 9.17) is 13.8 Å². The molecule has 1 saturated heterocycles. The van der Waals surface area contributed by atoms with Crippen molar-refractivity contribution >= 4 is 7.82 Å². The van der Waals surface area contributed by atoms with Crippen LogP contribution in [0.4, 0.5) is 0 Å². The van der Waals surface area contributed by atoms with Gasteiger partial charge in [0.25, 0.3) is 5.56 Å². The summed E-state index contributed by atoms with van der Waals surface area (Å²) in [4.78, 5) is 36.2. The van der Waals surface area contributed by atoms with E-state index in [0.29, 0.717) is 12.0 Å². The Kier molecular flexibility index (Phi) is 6.48. The second-order valence-corrected chi connectivity index (χ2v) is 10.8. The Hall–Kier alpha value is -1.25. The van der Waals surface area contributed by atoms with Crippen molar-refractivity contribution in [3.05, 3.63) is 32.6 Å². The summed E-state index contributed by atoms with van der Waals surface area (Å²) in [5.41, 5.74) is -1.71. The molecule has 1 aromatic heterocycles. The Balaban J connectivity index is 2.30. The summed E-state index contributed by atoms with van der Waals surface area (Å²) in [7, 11) is -4.34. The lowest BCUT2D eigenvalue weighted by atomic mass is 9.87. The average molecular weight is 418 g/mol. The molecule has 2 heterocycles. The molecule has 0 saturated carbocycles. The standard InChI is InChI=1S/C18H31N2O7P/c1-11-10-20(16(22)19-15(11)21)14-8-12(13(25-14)9-17(2,3)4)26-28(23,24)27-18(5,6)7/h10,12-14H,8-9H2,1-7H3,(H,23,24)(H,19,21,22)/t12-,13+,14+/m0/s1. The highest BCUT2D eigenvalue weighted by atomic mass is 31.2. The highest BCUT2D eigenvalue weighted by molar-refractivity contribution is 7.47. The predicted octanol–water partition coefficient (Wildman–Crippen LogP) is 2.87. The smallest absolute Gasteiger partial charge is 0.352 e. The molecule has 0 aliphatic carbocycles. The number of ether oxygens (including phenoxy) is 1. The molecule has 0 radical (unpaired) electrons. The fourth-order valence-corrected chi connectivity index (χ4v) is 4.41. The van der Waals surface area contributed by atoms with Crippen LogP contribution in [0.2, 0.25) is 0 Å². The highest BCUT2D eigenvalue weighted by Crippen LogP contribution is 2.51. The molecule has 0 bridgehead atoms. The minimum Gasteiger partial charge on any atom is -0.352 e. The second kappa shape index (κ2) is 7.88. The lowest BCUT2D eigenvalue weighted by Gasteiger charge is -2.29. The van der Waals surface area contributed by atoms with Crippen LogP contribution in [0.25, 0.3) is 0 Å². The van der Waals surface area contributed by atoms with Crippen LogP contribution in [0, 0.1) is 12.3 Å². The van der Waals surface area contributed by atoms with Crippen LogP contribution in [-0.4, -0.2) is 32.3 Å². The van der Waals surface area contributed by atoms with Gasteiger partial charge in [-0.15, -0.1) is 0 Å². The first-order valence-electron chi connectivity index (χ1n) is 9.26. The molecule has 9 nitrogen and oxygen atoms in total. The van der Waals surface area contributed by atoms with Gasteiger partial charge in [0.15, 0.2) is 0 Å². The minimum absolute atomic E-state index is 0.141. The Morgan fingerprint density at radius 1 is 1.29 bits per heavy atom. The number of rotatable bonds is 5. The van der Waals surface area contributed by atoms with E-state index < -0.39 is 43.1 Å². The molecule has 1 fully saturated rings. The van der Waals surface area contributed by atoms with Crippen LogP contribution in [0.3, 0.4) is 0 Å². The molecule has 160 valence electrons. The number of phosphoric acid groups is 1. The summed E-state index contributed by atoms with van der Waals surface area (Å²) in [5, 5.41) is 0. The lowest BCUT2D eigenvalue weighted by Crippen LogP contribution is -2.33. The third-order valence-electron chi connectivity index (χ3n) is 4.11. The van der Waals surface area contributed by atoms with Gasteiger partial charge in [0, 0.05) is 18.2 Å². The van der Waals surface area contributed by atoms with E-state index in [0.717, 1.165) is 0 Å². The number of nitrogens with one attached hydrogen (secondary N) is 1. The number of nitrogens with zero attached hydrogens (tertiary/aromatic N) is 1. The van der Waals surface area contributed by atoms with E-state index in [9.17, 15) is 19.0 Å². The van der Waals surface area contributed by atoms with Crippen molar-refractivity contribution in [3.8, 4) is 0 Å². The van der Waals surface area contributed by atoms with E-state index in [-0.39, 0.29) is 11.8 Å². The number of H-pyrrole nitrogens is 1. The maximum atomic E-state index is 12.4. The van der Waals surface area contributed by atoms with Crippen molar-refractivity contribution in [1.29, 1.82) is 0 Å². The SMILES string of the molecule is Cc1cn([C@H]2C[C@H](OP(=O)(O)OC(C)(C)C)[C@@H](CC(C)(C)C)O2)c(=O)[nH]c1=O. The van der Waals surface area contributed by atoms with Crippen molar-refractivity contribution in [2.24, 2.45) is 5.41 Å². The van der Waals surface area contributed by atoms with Crippen LogP contribution < -0.4 is 11.2 Å². The van der Waals surface area contributed by atoms with Crippen LogP contribution in [0.15, 0.2) is 15.8 Å². The van der Waals surface area contributed by atoms with E-state index in [2.05, 4.69) is 4.98 Å². The molecular weight excluding hydrogens is 387 g/mol. The van der Waals surface area contributed by atoms with Crippen molar-refractivity contribution in [2.75, 3.05) is 0 Å². The van der Waals surface area contributed by atoms with Crippen molar-refractivity contribution in [3.63, 3.8) is 0 Å². The minimum atomic E-state index is -4.34. The van der Waals surface area contributed by atoms with Gasteiger partial charge in [-0.3, -0.25) is 23.4 Å². The molecule has 0 spiro atoms. The Morgan fingerprint density at radius 3 is 2.43 bits per heavy atom. The first kappa shape index (κ1) is 23.0. The summed E-state index contributed by atoms with van der Waals surface area (Å²) in [6.45, 7) is 12.6. The number of hydrogen-bond donors (Lipinski definition) is 2. The molecule has 10 heteroatoms. The molecule has 1 aliphatic rings. The first-order valence-corrected chi connectivity index (χ1v) is 10.8. The van der Waals surface area contributed by atoms with Crippen LogP contribution in [-0.2, 0) is 18.3 Å². The van der Waals surface area contributed by atoms with Crippen molar-refractivity contribution < 1.29 is 23.2 Å². The third kappa shape index (κ3) is 6.39. The van der Waals surface area contributed by atoms with Gasteiger partial charge in [-0.2, -0.15) is 0 Å². The Morgan fingerprint density at radius 2 is 1.89 bits per heavy atom. The van der Waals surface area contributed by atoms with Gasteiger partial charge in [-0.25, -0.2) is 9.36 Å². The first-order chi connectivity index (χ1) is 12.6. The van der Waals surface area contributed by atoms with Crippen LogP contribution in [0.1, 0.15) is 66.2 Å². The van der Waals surface area contributed by atoms with Gasteiger partial charge in [0.2, 0.25) is 0 Å². The summed E-state index contributed by atoms with van der Waals surface area (Å²) in [6.07, 6.45) is 0.141. The van der Waals surface area contributed by atoms with Crippen molar-refractivity contribution in [1.82, 2.24) is 9.55 Å². The van der Waals surface area contributed by atoms with E-state index in [1.54, 1.807) is 27.7 Å². The van der Waals surface area contributed by atoms with Gasteiger partial charge < -0.3 is 9.63 Å². The summed E-state index contributed by atoms with van der Waals surface area (Å²) in [6, 6.07) is 0. The maximum absolute atomic E-state index is 12.4. The highest BCUT2D eigenvalue weighted by Gasteiger charge is 2.44.